The van der Waals surface area contributed by atoms with Crippen LogP contribution in [0.15, 0.2) is 79.9 Å². The van der Waals surface area contributed by atoms with Gasteiger partial charge in [-0.15, -0.1) is 0 Å². The molecule has 0 saturated carbocycles. The molecule has 3 aromatic rings. The molecule has 0 aliphatic carbocycles. The Morgan fingerprint density at radius 2 is 1.14 bits per heavy atom. The number of furan rings is 2. The number of para-hydroxylation sites is 2. The minimum Gasteiger partial charge on any atom is -0.459 e. The minimum atomic E-state index is 0.347. The molecule has 3 heterocycles. The van der Waals surface area contributed by atoms with Crippen molar-refractivity contribution in [3.05, 3.63) is 72.6 Å². The summed E-state index contributed by atoms with van der Waals surface area (Å²) >= 11 is 0. The molecule has 1 aliphatic rings. The van der Waals surface area contributed by atoms with Gasteiger partial charge in [-0.3, -0.25) is 0 Å². The highest BCUT2D eigenvalue weighted by Gasteiger charge is 2.20. The van der Waals surface area contributed by atoms with Crippen molar-refractivity contribution in [3.63, 3.8) is 0 Å². The molecule has 1 aromatic carbocycles. The van der Waals surface area contributed by atoms with Crippen molar-refractivity contribution in [3.8, 4) is 0 Å². The van der Waals surface area contributed by atoms with Crippen LogP contribution in [0.5, 0.6) is 0 Å². The van der Waals surface area contributed by atoms with E-state index in [9.17, 15) is 0 Å². The standard InChI is InChI=1S/C16H10N2O3/c1-2-6-12-11(5-1)17-15(13-7-3-9-19-13)21-16(18-12)14-8-4-10-20-14/h1-10H. The van der Waals surface area contributed by atoms with Crippen LogP contribution >= 0.6 is 0 Å². The van der Waals surface area contributed by atoms with Gasteiger partial charge in [0.2, 0.25) is 0 Å². The van der Waals surface area contributed by atoms with Gasteiger partial charge in [-0.2, -0.15) is 0 Å². The Morgan fingerprint density at radius 1 is 0.619 bits per heavy atom. The van der Waals surface area contributed by atoms with E-state index in [1.165, 1.54) is 0 Å². The highest BCUT2D eigenvalue weighted by molar-refractivity contribution is 6.08. The van der Waals surface area contributed by atoms with Gasteiger partial charge >= 0.3 is 0 Å². The van der Waals surface area contributed by atoms with Crippen molar-refractivity contribution in [2.45, 2.75) is 0 Å². The average Bonchev–Trinajstić information content (AvgIpc) is 3.17. The molecule has 4 rings (SSSR count). The summed E-state index contributed by atoms with van der Waals surface area (Å²) in [7, 11) is 0. The van der Waals surface area contributed by atoms with E-state index in [1.807, 2.05) is 24.3 Å². The smallest absolute Gasteiger partial charge is 0.265 e. The summed E-state index contributed by atoms with van der Waals surface area (Å²) < 4.78 is 16.5. The Kier molecular flexibility index (Phi) is 2.67. The maximum Gasteiger partial charge on any atom is 0.265 e. The first kappa shape index (κ1) is 11.7. The molecule has 0 bridgehead atoms. The van der Waals surface area contributed by atoms with Crippen molar-refractivity contribution < 1.29 is 13.6 Å². The van der Waals surface area contributed by atoms with Crippen LogP contribution in [0, 0.1) is 0 Å². The van der Waals surface area contributed by atoms with E-state index in [0.29, 0.717) is 34.7 Å². The van der Waals surface area contributed by atoms with Crippen molar-refractivity contribution in [2.75, 3.05) is 0 Å². The molecular weight excluding hydrogens is 268 g/mol. The lowest BCUT2D eigenvalue weighted by atomic mass is 10.3. The molecule has 0 atom stereocenters. The highest BCUT2D eigenvalue weighted by Crippen LogP contribution is 2.31. The molecule has 0 unspecified atom stereocenters. The Balaban J connectivity index is 1.89. The third-order valence-electron chi connectivity index (χ3n) is 2.98. The van der Waals surface area contributed by atoms with Gasteiger partial charge in [-0.05, 0) is 36.4 Å². The van der Waals surface area contributed by atoms with Gasteiger partial charge in [0.05, 0.1) is 23.9 Å². The van der Waals surface area contributed by atoms with Crippen molar-refractivity contribution in [1.29, 1.82) is 0 Å². The molecule has 0 amide bonds. The Labute approximate surface area is 120 Å². The monoisotopic (exact) mass is 278 g/mol. The first-order valence-electron chi connectivity index (χ1n) is 6.42. The molecule has 5 nitrogen and oxygen atoms in total. The Hall–Kier alpha value is -3.08. The molecule has 1 aliphatic heterocycles. The summed E-state index contributed by atoms with van der Waals surface area (Å²) in [5.74, 6) is 1.76. The number of hydrogen-bond acceptors (Lipinski definition) is 5. The van der Waals surface area contributed by atoms with Gasteiger partial charge in [0.1, 0.15) is 0 Å². The van der Waals surface area contributed by atoms with Gasteiger partial charge < -0.3 is 13.6 Å². The Bertz CT molecular complexity index is 746. The van der Waals surface area contributed by atoms with Crippen molar-refractivity contribution >= 4 is 23.2 Å². The summed E-state index contributed by atoms with van der Waals surface area (Å²) in [6.45, 7) is 0. The fourth-order valence-electron chi connectivity index (χ4n) is 2.02. The lowest BCUT2D eigenvalue weighted by Gasteiger charge is -2.04. The van der Waals surface area contributed by atoms with E-state index in [1.54, 1.807) is 36.8 Å². The van der Waals surface area contributed by atoms with Gasteiger partial charge in [-0.25, -0.2) is 9.98 Å². The largest absolute Gasteiger partial charge is 0.459 e. The quantitative estimate of drug-likeness (QED) is 0.710. The summed E-state index contributed by atoms with van der Waals surface area (Å²) in [5, 5.41) is 0. The first-order valence-corrected chi connectivity index (χ1v) is 6.42. The number of nitrogens with zero attached hydrogens (tertiary/aromatic N) is 2. The fourth-order valence-corrected chi connectivity index (χ4v) is 2.02. The third-order valence-corrected chi connectivity index (χ3v) is 2.98. The summed E-state index contributed by atoms with van der Waals surface area (Å²) in [4.78, 5) is 8.97. The summed E-state index contributed by atoms with van der Waals surface area (Å²) in [6.07, 6.45) is 3.14. The van der Waals surface area contributed by atoms with Gasteiger partial charge in [0, 0.05) is 0 Å². The van der Waals surface area contributed by atoms with Gasteiger partial charge in [0.15, 0.2) is 11.5 Å². The van der Waals surface area contributed by atoms with E-state index in [0.717, 1.165) is 0 Å². The second-order valence-corrected chi connectivity index (χ2v) is 4.38. The maximum atomic E-state index is 5.80. The number of hydrogen-bond donors (Lipinski definition) is 0. The number of fused-ring (bicyclic) bond motifs is 1. The number of rotatable bonds is 2. The van der Waals surface area contributed by atoms with Crippen molar-refractivity contribution in [2.24, 2.45) is 9.98 Å². The number of aliphatic imine (C=N–C) groups is 2. The topological polar surface area (TPSA) is 60.2 Å². The van der Waals surface area contributed by atoms with Crippen molar-refractivity contribution in [1.82, 2.24) is 0 Å². The maximum absolute atomic E-state index is 5.80. The highest BCUT2D eigenvalue weighted by atomic mass is 16.5. The SMILES string of the molecule is c1coc(C2=Nc3ccccc3N=C(c3ccco3)O2)c1. The minimum absolute atomic E-state index is 0.347. The molecule has 0 fully saturated rings. The normalized spacial score (nSPS) is 13.7. The molecule has 0 spiro atoms. The van der Waals surface area contributed by atoms with Crippen LogP contribution in [0.25, 0.3) is 0 Å². The van der Waals surface area contributed by atoms with Crippen LogP contribution in [0.1, 0.15) is 11.5 Å². The molecule has 2 aromatic heterocycles. The van der Waals surface area contributed by atoms with Crippen LogP contribution in [-0.2, 0) is 4.74 Å². The van der Waals surface area contributed by atoms with Gasteiger partial charge in [0.25, 0.3) is 11.8 Å². The van der Waals surface area contributed by atoms with E-state index < -0.39 is 0 Å². The fraction of sp³-hybridized carbons (Fsp3) is 0. The predicted octanol–water partition coefficient (Wildman–Crippen LogP) is 4.06. The van der Waals surface area contributed by atoms with Crippen LogP contribution in [0.4, 0.5) is 11.4 Å². The second-order valence-electron chi connectivity index (χ2n) is 4.38. The van der Waals surface area contributed by atoms with E-state index in [4.69, 9.17) is 13.6 Å². The second kappa shape index (κ2) is 4.79. The molecule has 0 N–H and O–H groups in total. The molecule has 21 heavy (non-hydrogen) atoms. The Morgan fingerprint density at radius 3 is 1.57 bits per heavy atom. The van der Waals surface area contributed by atoms with E-state index in [-0.39, 0.29) is 0 Å². The lowest BCUT2D eigenvalue weighted by Crippen LogP contribution is -2.12. The van der Waals surface area contributed by atoms with E-state index >= 15 is 0 Å². The molecule has 5 heteroatoms. The zero-order valence-electron chi connectivity index (χ0n) is 10.9. The van der Waals surface area contributed by atoms with Gasteiger partial charge in [-0.1, -0.05) is 12.1 Å². The summed E-state index contributed by atoms with van der Waals surface area (Å²) in [5.41, 5.74) is 1.43. The van der Waals surface area contributed by atoms with Crippen LogP contribution in [-0.4, -0.2) is 11.8 Å². The lowest BCUT2D eigenvalue weighted by molar-refractivity contribution is 0.471. The zero-order valence-corrected chi connectivity index (χ0v) is 10.9. The first-order chi connectivity index (χ1) is 10.4. The molecule has 0 radical (unpaired) electrons. The molecular formula is C16H10N2O3. The number of ether oxygens (including phenoxy) is 1. The molecule has 102 valence electrons. The van der Waals surface area contributed by atoms with E-state index in [2.05, 4.69) is 9.98 Å². The molecule has 0 saturated heterocycles. The third kappa shape index (κ3) is 2.14. The number of benzene rings is 1. The van der Waals surface area contributed by atoms with Crippen LogP contribution < -0.4 is 0 Å². The summed E-state index contributed by atoms with van der Waals surface area (Å²) in [6, 6.07) is 14.7. The van der Waals surface area contributed by atoms with Crippen LogP contribution in [0.2, 0.25) is 0 Å². The predicted molar refractivity (Wildman–Crippen MR) is 77.3 cm³/mol. The average molecular weight is 278 g/mol. The zero-order chi connectivity index (χ0) is 14.1. The van der Waals surface area contributed by atoms with Crippen LogP contribution in [0.3, 0.4) is 0 Å².